The van der Waals surface area contributed by atoms with Gasteiger partial charge < -0.3 is 54.7 Å². The highest BCUT2D eigenvalue weighted by Gasteiger charge is 2.58. The van der Waals surface area contributed by atoms with Crippen molar-refractivity contribution < 1.29 is 133 Å². The number of carbonyl (C=O) groups is 7. The van der Waals surface area contributed by atoms with E-state index in [0.717, 1.165) is 64.3 Å². The summed E-state index contributed by atoms with van der Waals surface area (Å²) in [5.74, 6) is -7.80. The van der Waals surface area contributed by atoms with Gasteiger partial charge in [0.1, 0.15) is 47.4 Å². The fourth-order valence-electron chi connectivity index (χ4n) is 12.8. The van der Waals surface area contributed by atoms with Crippen molar-refractivity contribution in [1.29, 1.82) is 0 Å². The minimum absolute atomic E-state index is 0.0337. The normalized spacial score (nSPS) is 17.2. The molecule has 5 aromatic rings. The lowest BCUT2D eigenvalue weighted by Crippen LogP contribution is -2.64. The minimum atomic E-state index is -5.68. The zero-order valence-corrected chi connectivity index (χ0v) is 62.1. The van der Waals surface area contributed by atoms with Crippen LogP contribution in [-0.4, -0.2) is 213 Å². The van der Waals surface area contributed by atoms with Crippen molar-refractivity contribution >= 4 is 65.7 Å². The summed E-state index contributed by atoms with van der Waals surface area (Å²) in [5.41, 5.74) is -9.00. The number of halogens is 10. The average molecular weight is 1620 g/mol. The molecule has 2 aromatic heterocycles. The number of phosphoric acid groups is 1. The molecule has 2 bridgehead atoms. The number of ether oxygens (including phenoxy) is 4. The number of rotatable bonds is 31. The molecule has 7 atom stereocenters. The molecule has 43 heteroatoms. The van der Waals surface area contributed by atoms with E-state index in [1.54, 1.807) is 5.32 Å². The summed E-state index contributed by atoms with van der Waals surface area (Å²) in [6, 6.07) is 1.47. The lowest BCUT2D eigenvalue weighted by molar-refractivity contribution is -0.221. The highest BCUT2D eigenvalue weighted by molar-refractivity contribution is 7.85. The first-order valence-corrected chi connectivity index (χ1v) is 36.8. The van der Waals surface area contributed by atoms with Crippen molar-refractivity contribution in [3.8, 4) is 28.8 Å². The number of alkyl halides is 8. The number of phosphoric ester groups is 1. The molecule has 3 aliphatic heterocycles. The summed E-state index contributed by atoms with van der Waals surface area (Å²) in [7, 11) is -9.36. The number of anilines is 1. The Morgan fingerprint density at radius 2 is 1.32 bits per heavy atom. The second-order valence-electron chi connectivity index (χ2n) is 28.1. The molecule has 31 nitrogen and oxygen atoms in total. The summed E-state index contributed by atoms with van der Waals surface area (Å²) in [6.45, 7) is 0.727. The molecule has 111 heavy (non-hydrogen) atoms. The zero-order valence-electron chi connectivity index (χ0n) is 60.4. The maximum absolute atomic E-state index is 16.8. The number of aromatic nitrogens is 4. The third kappa shape index (κ3) is 22.3. The van der Waals surface area contributed by atoms with E-state index in [1.165, 1.54) is 36.7 Å². The van der Waals surface area contributed by atoms with Crippen molar-refractivity contribution in [1.82, 2.24) is 56.4 Å². The number of methoxy groups -OCH3 is 2. The molecule has 3 saturated heterocycles. The molecule has 0 radical (unpaired) electrons. The summed E-state index contributed by atoms with van der Waals surface area (Å²) in [5, 5.41) is 21.4. The predicted molar refractivity (Wildman–Crippen MR) is 368 cm³/mol. The number of carbonyl (C=O) groups excluding carboxylic acids is 6. The quantitative estimate of drug-likeness (QED) is 0.00440. The van der Waals surface area contributed by atoms with Gasteiger partial charge >= 0.3 is 50.8 Å². The lowest BCUT2D eigenvalue weighted by Gasteiger charge is -2.47. The molecule has 3 aliphatic rings. The van der Waals surface area contributed by atoms with Crippen LogP contribution in [0.4, 0.5) is 59.4 Å². The van der Waals surface area contributed by atoms with Crippen LogP contribution in [0.25, 0.3) is 11.3 Å². The van der Waals surface area contributed by atoms with Gasteiger partial charge in [-0.2, -0.15) is 48.6 Å². The van der Waals surface area contributed by atoms with Crippen LogP contribution >= 0.6 is 7.82 Å². The largest absolute Gasteiger partial charge is 0.524 e. The summed E-state index contributed by atoms with van der Waals surface area (Å²) < 4.78 is 223. The fraction of sp³-hybridized carbons (Fsp3) is 0.500. The van der Waals surface area contributed by atoms with Crippen LogP contribution in [0.15, 0.2) is 79.3 Å². The maximum atomic E-state index is 16.8. The van der Waals surface area contributed by atoms with Gasteiger partial charge in [-0.25, -0.2) is 47.4 Å². The Morgan fingerprint density at radius 3 is 1.82 bits per heavy atom. The van der Waals surface area contributed by atoms with E-state index in [-0.39, 0.29) is 33.5 Å². The molecule has 0 aliphatic carbocycles. The summed E-state index contributed by atoms with van der Waals surface area (Å²) in [6.07, 6.45) is -13.8. The first-order valence-electron chi connectivity index (χ1n) is 33.7. The molecular weight excluding hydrogens is 1540 g/mol. The Hall–Kier alpha value is -9.76. The number of carboxylic acids is 1. The number of nitrogens with one attached hydrogen (secondary N) is 5. The molecule has 606 valence electrons. The summed E-state index contributed by atoms with van der Waals surface area (Å²) >= 11 is 0. The predicted octanol–water partition coefficient (Wildman–Crippen LogP) is 6.40. The molecule has 2 unspecified atom stereocenters. The Morgan fingerprint density at radius 1 is 0.766 bits per heavy atom. The maximum Gasteiger partial charge on any atom is 0.524 e. The number of aliphatic carboxylic acids is 1. The van der Waals surface area contributed by atoms with Crippen LogP contribution in [0.5, 0.6) is 5.75 Å². The van der Waals surface area contributed by atoms with Gasteiger partial charge in [0.25, 0.3) is 16.0 Å². The summed E-state index contributed by atoms with van der Waals surface area (Å²) in [4.78, 5) is 131. The van der Waals surface area contributed by atoms with Gasteiger partial charge in [-0.15, -0.1) is 0 Å². The van der Waals surface area contributed by atoms with E-state index in [0.29, 0.717) is 95.8 Å². The average Bonchev–Trinajstić information content (AvgIpc) is 1.72. The molecule has 3 aromatic carbocycles. The number of amides is 5. The van der Waals surface area contributed by atoms with E-state index in [9.17, 15) is 65.2 Å². The molecule has 5 amide bonds. The Kier molecular flexibility index (Phi) is 27.3. The minimum Gasteiger partial charge on any atom is -0.480 e. The fourth-order valence-corrected chi connectivity index (χ4v) is 13.9. The van der Waals surface area contributed by atoms with Crippen LogP contribution in [0.2, 0.25) is 0 Å². The monoisotopic (exact) mass is 1620 g/mol. The zero-order chi connectivity index (χ0) is 82.3. The van der Waals surface area contributed by atoms with Gasteiger partial charge in [-0.05, 0) is 94.5 Å². The van der Waals surface area contributed by atoms with Crippen LogP contribution in [0.1, 0.15) is 101 Å². The van der Waals surface area contributed by atoms with Gasteiger partial charge in [0, 0.05) is 78.0 Å². The van der Waals surface area contributed by atoms with E-state index < -0.39 is 203 Å². The highest BCUT2D eigenvalue weighted by atomic mass is 32.2. The van der Waals surface area contributed by atoms with Gasteiger partial charge in [0.05, 0.1) is 81.0 Å². The number of hydrogen-bond acceptors (Lipinski definition) is 21. The molecule has 0 spiro atoms. The Bertz CT molecular complexity index is 4450. The molecule has 0 saturated carbocycles. The molecule has 5 heterocycles. The SMILES string of the molecule is COC(=O)N[C@H](C(=O)N[C@@H](Cc1ccc(C#Cc2cnc(N3CC4CCC(C3)N4C3COC3)nc2)cc1)[C@H](CN(Cc1c(F)cc(-c2ccn(C(F)F)n2)cc1F)NC(=O)[C@@H](NC(=O)OC)C(C)(C)C(F)(F)F)OC(=O)CC(C)(C)c1c(CC(=O)N[C@@H](CS(=O)(=O)O)C(=O)O)cccc1OP(=O)(O)O)C(C)(C)C(F)(F)F. The van der Waals surface area contributed by atoms with Crippen LogP contribution < -0.4 is 36.1 Å². The molecule has 3 fully saturated rings. The first kappa shape index (κ1) is 86.8. The second-order valence-corrected chi connectivity index (χ2v) is 30.8. The molecule has 9 N–H and O–H groups in total. The van der Waals surface area contributed by atoms with Crippen molar-refractivity contribution in [3.63, 3.8) is 0 Å². The smallest absolute Gasteiger partial charge is 0.480 e. The van der Waals surface area contributed by atoms with Gasteiger partial charge in [-0.3, -0.25) is 43.8 Å². The number of benzene rings is 3. The number of hydrogen-bond donors (Lipinski definition) is 9. The van der Waals surface area contributed by atoms with E-state index in [4.69, 9.17) is 14.0 Å². The number of fused-ring (bicyclic) bond motifs is 2. The van der Waals surface area contributed by atoms with E-state index >= 15 is 44.7 Å². The number of hydrazine groups is 1. The first-order chi connectivity index (χ1) is 51.6. The standard InChI is InChI=1S/C68H79F10N12O19PS/c1-64(2,54-39(10-9-11-50(54)109-110(99,100)101)25-52(91)81-49(59(95)96)35-111(102,103)104)26-53(92)108-51(32-88(86-58(94)56(84-63(98)106-8)66(5,6)68(76,77)78)31-44-45(69)23-40(24-46(44)70)47-20-21-89(85-47)60(71)72)48(82-57(93)55(83-62(97)105-7)65(3,4)67(73,74)75)22-37-15-12-36(13-16-37)14-17-38-27-79-61(80-28-38)87-29-41-18-19-42(30-87)90(41)43-33-107-34-43/h9-13,15-16,20-21,23-24,27-28,41-43,48-49,51,55-56,60H,18-19,22,25-26,29-35H2,1-8H3,(H,81,91)(H,82,93)(H,83,97)(H,84,98)(H,86,94)(H,95,96)(H2,99,100,101)(H,102,103,104)/t41?,42?,48-,49-,51-,55+,56+/m0/s1. The van der Waals surface area contributed by atoms with Crippen LogP contribution in [-0.2, 0) is 82.4 Å². The Balaban J connectivity index is 1.27. The Labute approximate surface area is 627 Å². The number of alkyl carbamates (subject to hydrolysis) is 2. The van der Waals surface area contributed by atoms with E-state index in [1.807, 2.05) is 16.1 Å². The molecular formula is C68H79F10N12O19PS. The number of nitrogens with zero attached hydrogens (tertiary/aromatic N) is 7. The van der Waals surface area contributed by atoms with Crippen LogP contribution in [0, 0.1) is 34.3 Å². The number of esters is 1. The van der Waals surface area contributed by atoms with Crippen molar-refractivity contribution in [2.45, 2.75) is 153 Å². The highest BCUT2D eigenvalue weighted by Crippen LogP contribution is 2.46. The van der Waals surface area contributed by atoms with Crippen molar-refractivity contribution in [3.05, 3.63) is 124 Å². The van der Waals surface area contributed by atoms with Crippen molar-refractivity contribution in [2.75, 3.05) is 57.7 Å². The van der Waals surface area contributed by atoms with Crippen molar-refractivity contribution in [2.24, 2.45) is 10.8 Å². The van der Waals surface area contributed by atoms with E-state index in [2.05, 4.69) is 51.5 Å². The number of carboxylic acid groups (broad SMARTS) is 1. The second kappa shape index (κ2) is 34.9. The van der Waals surface area contributed by atoms with Gasteiger partial charge in [0.15, 0.2) is 0 Å². The topological polar surface area (TPSA) is 411 Å². The van der Waals surface area contributed by atoms with Crippen LogP contribution in [0.3, 0.4) is 0 Å². The third-order valence-electron chi connectivity index (χ3n) is 18.9. The van der Waals surface area contributed by atoms with Gasteiger partial charge in [-0.1, -0.05) is 50.0 Å². The molecule has 8 rings (SSSR count). The van der Waals surface area contributed by atoms with Gasteiger partial charge in [0.2, 0.25) is 17.8 Å². The lowest BCUT2D eigenvalue weighted by atomic mass is 9.77. The number of piperazine rings is 1. The third-order valence-corrected chi connectivity index (χ3v) is 20.1.